The lowest BCUT2D eigenvalue weighted by Crippen LogP contribution is -2.18. The number of nitrogens with zero attached hydrogens (tertiary/aromatic N) is 1. The van der Waals surface area contributed by atoms with Crippen molar-refractivity contribution in [2.24, 2.45) is 5.10 Å². The fourth-order valence-electron chi connectivity index (χ4n) is 2.56. The van der Waals surface area contributed by atoms with Crippen molar-refractivity contribution in [2.75, 3.05) is 0 Å². The lowest BCUT2D eigenvalue weighted by atomic mass is 10.2. The molecule has 1 N–H and O–H groups in total. The number of carbonyl (C=O) groups is 1. The molecule has 2 aromatic carbocycles. The molecule has 11 heteroatoms. The third-order valence-electron chi connectivity index (χ3n) is 4.16. The molecule has 32 heavy (non-hydrogen) atoms. The van der Waals surface area contributed by atoms with Crippen LogP contribution in [0.5, 0.6) is 5.75 Å². The van der Waals surface area contributed by atoms with E-state index in [9.17, 15) is 26.4 Å². The molecule has 0 aliphatic rings. The van der Waals surface area contributed by atoms with Gasteiger partial charge in [0.25, 0.3) is 0 Å². The van der Waals surface area contributed by atoms with Crippen molar-refractivity contribution in [3.05, 3.63) is 83.8 Å². The lowest BCUT2D eigenvalue weighted by molar-refractivity contribution is -0.137. The average Bonchev–Trinajstić information content (AvgIpc) is 3.26. The van der Waals surface area contributed by atoms with Gasteiger partial charge in [0.1, 0.15) is 10.7 Å². The van der Waals surface area contributed by atoms with Crippen LogP contribution in [0, 0.1) is 0 Å². The smallest absolute Gasteiger partial charge is 0.416 e. The van der Waals surface area contributed by atoms with Crippen LogP contribution < -0.4 is 9.61 Å². The zero-order valence-corrected chi connectivity index (χ0v) is 17.2. The van der Waals surface area contributed by atoms with E-state index in [0.717, 1.165) is 12.1 Å². The van der Waals surface area contributed by atoms with Crippen molar-refractivity contribution in [3.8, 4) is 5.75 Å². The first-order valence-corrected chi connectivity index (χ1v) is 10.6. The van der Waals surface area contributed by atoms with E-state index >= 15 is 0 Å². The number of amides is 1. The van der Waals surface area contributed by atoms with E-state index in [1.54, 1.807) is 18.2 Å². The predicted molar refractivity (Wildman–Crippen MR) is 108 cm³/mol. The first-order chi connectivity index (χ1) is 15.1. The molecule has 168 valence electrons. The molecule has 0 bridgehead atoms. The van der Waals surface area contributed by atoms with Gasteiger partial charge in [-0.05, 0) is 48.5 Å². The van der Waals surface area contributed by atoms with E-state index < -0.39 is 26.8 Å². The number of para-hydroxylation sites is 1. The van der Waals surface area contributed by atoms with E-state index in [1.165, 1.54) is 30.7 Å². The monoisotopic (exact) mass is 466 g/mol. The number of aryl methyl sites for hydroxylation is 1. The number of rotatable bonds is 8. The molecule has 1 aromatic heterocycles. The largest absolute Gasteiger partial charge is 0.469 e. The van der Waals surface area contributed by atoms with Crippen molar-refractivity contribution in [1.29, 1.82) is 0 Å². The molecule has 7 nitrogen and oxygen atoms in total. The fourth-order valence-corrected chi connectivity index (χ4v) is 3.52. The number of nitrogens with one attached hydrogen (secondary N) is 1. The van der Waals surface area contributed by atoms with E-state index in [1.807, 2.05) is 0 Å². The van der Waals surface area contributed by atoms with Gasteiger partial charge < -0.3 is 8.60 Å². The lowest BCUT2D eigenvalue weighted by Gasteiger charge is -2.11. The molecular formula is C21H17F3N2O5S. The molecule has 0 saturated carbocycles. The minimum Gasteiger partial charge on any atom is -0.469 e. The number of furan rings is 1. The van der Waals surface area contributed by atoms with Crippen LogP contribution in [0.1, 0.15) is 23.3 Å². The Bertz CT molecular complexity index is 1190. The van der Waals surface area contributed by atoms with Gasteiger partial charge in [0.05, 0.1) is 18.0 Å². The summed E-state index contributed by atoms with van der Waals surface area (Å²) in [5.41, 5.74) is 1.56. The zero-order valence-electron chi connectivity index (χ0n) is 16.4. The summed E-state index contributed by atoms with van der Waals surface area (Å²) in [6.07, 6.45) is -1.37. The summed E-state index contributed by atoms with van der Waals surface area (Å²) in [5, 5.41) is 3.79. The van der Waals surface area contributed by atoms with Crippen LogP contribution in [0.3, 0.4) is 0 Å². The Morgan fingerprint density at radius 2 is 1.78 bits per heavy atom. The third kappa shape index (κ3) is 6.20. The maximum Gasteiger partial charge on any atom is 0.416 e. The molecule has 1 heterocycles. The second-order valence-corrected chi connectivity index (χ2v) is 8.02. The Labute approximate surface area is 181 Å². The molecule has 0 radical (unpaired) electrons. The predicted octanol–water partition coefficient (Wildman–Crippen LogP) is 4.15. The standard InChI is InChI=1S/C21H17F3N2O5S/c22-21(23,24)16-7-10-18(11-8-16)32(28,29)31-19-6-2-1-4-15(19)14-25-26-20(27)12-9-17-5-3-13-30-17/h1-8,10-11,13-14H,9,12H2,(H,26,27). The summed E-state index contributed by atoms with van der Waals surface area (Å²) in [5.74, 6) is 0.158. The van der Waals surface area contributed by atoms with Crippen LogP contribution in [0.25, 0.3) is 0 Å². The van der Waals surface area contributed by atoms with Gasteiger partial charge in [0.15, 0.2) is 5.75 Å². The van der Waals surface area contributed by atoms with Gasteiger partial charge in [0.2, 0.25) is 5.91 Å². The summed E-state index contributed by atoms with van der Waals surface area (Å²) >= 11 is 0. The molecule has 0 saturated heterocycles. The number of carbonyl (C=O) groups excluding carboxylic acids is 1. The molecule has 0 fully saturated rings. The highest BCUT2D eigenvalue weighted by molar-refractivity contribution is 7.87. The highest BCUT2D eigenvalue weighted by Crippen LogP contribution is 2.30. The number of alkyl halides is 3. The SMILES string of the molecule is O=C(CCc1ccco1)NN=Cc1ccccc1OS(=O)(=O)c1ccc(C(F)(F)F)cc1. The third-order valence-corrected chi connectivity index (χ3v) is 5.41. The van der Waals surface area contributed by atoms with E-state index in [4.69, 9.17) is 8.60 Å². The molecule has 0 atom stereocenters. The number of hydrogen-bond acceptors (Lipinski definition) is 6. The van der Waals surface area contributed by atoms with Crippen molar-refractivity contribution < 1.29 is 35.0 Å². The van der Waals surface area contributed by atoms with Crippen molar-refractivity contribution in [1.82, 2.24) is 5.43 Å². The minimum absolute atomic E-state index is 0.110. The maximum atomic E-state index is 12.7. The molecule has 1 amide bonds. The molecule has 3 rings (SSSR count). The molecule has 0 aliphatic carbocycles. The molecule has 0 spiro atoms. The Morgan fingerprint density at radius 3 is 2.44 bits per heavy atom. The highest BCUT2D eigenvalue weighted by Gasteiger charge is 2.31. The summed E-state index contributed by atoms with van der Waals surface area (Å²) in [6.45, 7) is 0. The van der Waals surface area contributed by atoms with Gasteiger partial charge in [-0.3, -0.25) is 4.79 Å². The second-order valence-electron chi connectivity index (χ2n) is 6.47. The quantitative estimate of drug-likeness (QED) is 0.306. The van der Waals surface area contributed by atoms with Crippen LogP contribution in [-0.4, -0.2) is 20.5 Å². The molecule has 3 aromatic rings. The summed E-state index contributed by atoms with van der Waals surface area (Å²) < 4.78 is 73.2. The van der Waals surface area contributed by atoms with Gasteiger partial charge in [-0.25, -0.2) is 5.43 Å². The van der Waals surface area contributed by atoms with Gasteiger partial charge in [-0.15, -0.1) is 0 Å². The van der Waals surface area contributed by atoms with E-state index in [2.05, 4.69) is 10.5 Å². The van der Waals surface area contributed by atoms with Crippen LogP contribution in [-0.2, 0) is 27.5 Å². The average molecular weight is 466 g/mol. The molecule has 0 unspecified atom stereocenters. The van der Waals surface area contributed by atoms with Crippen LogP contribution in [0.15, 0.2) is 81.3 Å². The summed E-state index contributed by atoms with van der Waals surface area (Å²) in [7, 11) is -4.40. The second kappa shape index (κ2) is 9.69. The maximum absolute atomic E-state index is 12.7. The van der Waals surface area contributed by atoms with E-state index in [0.29, 0.717) is 24.3 Å². The number of hydrogen-bond donors (Lipinski definition) is 1. The molecular weight excluding hydrogens is 449 g/mol. The van der Waals surface area contributed by atoms with Crippen molar-refractivity contribution >= 4 is 22.2 Å². The summed E-state index contributed by atoms with van der Waals surface area (Å²) in [6, 6.07) is 12.3. The fraction of sp³-hybridized carbons (Fsp3) is 0.143. The van der Waals surface area contributed by atoms with Gasteiger partial charge in [-0.1, -0.05) is 12.1 Å². The molecule has 0 aliphatic heterocycles. The van der Waals surface area contributed by atoms with E-state index in [-0.39, 0.29) is 23.6 Å². The zero-order chi connectivity index (χ0) is 23.2. The number of halogens is 3. The topological polar surface area (TPSA) is 98.0 Å². The summed E-state index contributed by atoms with van der Waals surface area (Å²) in [4.78, 5) is 11.4. The van der Waals surface area contributed by atoms with Crippen molar-refractivity contribution in [3.63, 3.8) is 0 Å². The van der Waals surface area contributed by atoms with Crippen LogP contribution in [0.4, 0.5) is 13.2 Å². The number of benzene rings is 2. The van der Waals surface area contributed by atoms with Gasteiger partial charge >= 0.3 is 16.3 Å². The Kier molecular flexibility index (Phi) is 6.98. The Balaban J connectivity index is 1.66. The van der Waals surface area contributed by atoms with Crippen molar-refractivity contribution in [2.45, 2.75) is 23.9 Å². The highest BCUT2D eigenvalue weighted by atomic mass is 32.2. The first-order valence-electron chi connectivity index (χ1n) is 9.20. The number of hydrazone groups is 1. The Morgan fingerprint density at radius 1 is 1.06 bits per heavy atom. The Hall–Kier alpha value is -3.60. The normalized spacial score (nSPS) is 12.1. The van der Waals surface area contributed by atoms with Crippen LogP contribution >= 0.6 is 0 Å². The van der Waals surface area contributed by atoms with Gasteiger partial charge in [0, 0.05) is 18.4 Å². The van der Waals surface area contributed by atoms with Gasteiger partial charge in [-0.2, -0.15) is 26.7 Å². The van der Waals surface area contributed by atoms with Crippen LogP contribution in [0.2, 0.25) is 0 Å². The first kappa shape index (κ1) is 23.1. The minimum atomic E-state index is -4.59.